The zero-order chi connectivity index (χ0) is 19.2. The molecule has 1 amide bonds. The zero-order valence-corrected chi connectivity index (χ0v) is 16.4. The third kappa shape index (κ3) is 4.80. The molecule has 1 atom stereocenters. The second-order valence-corrected chi connectivity index (χ2v) is 6.96. The van der Waals surface area contributed by atoms with Crippen LogP contribution in [0.25, 0.3) is 0 Å². The van der Waals surface area contributed by atoms with Crippen LogP contribution in [-0.2, 0) is 4.79 Å². The number of amides is 1. The number of piperazine rings is 1. The first-order chi connectivity index (χ1) is 13.1. The quantitative estimate of drug-likeness (QED) is 0.848. The molecule has 5 nitrogen and oxygen atoms in total. The van der Waals surface area contributed by atoms with Crippen molar-refractivity contribution in [3.63, 3.8) is 0 Å². The molecule has 1 aliphatic heterocycles. The molecule has 1 saturated heterocycles. The summed E-state index contributed by atoms with van der Waals surface area (Å²) in [7, 11) is 0. The SMILES string of the molecule is CCOc1ccccc1N1CCN(C(C)C(=O)Nc2cccc(C)c2)CC1. The van der Waals surface area contributed by atoms with E-state index in [1.807, 2.05) is 63.2 Å². The summed E-state index contributed by atoms with van der Waals surface area (Å²) in [6.07, 6.45) is 0. The van der Waals surface area contributed by atoms with Crippen LogP contribution < -0.4 is 15.0 Å². The van der Waals surface area contributed by atoms with Gasteiger partial charge >= 0.3 is 0 Å². The van der Waals surface area contributed by atoms with E-state index in [4.69, 9.17) is 4.74 Å². The van der Waals surface area contributed by atoms with E-state index in [1.165, 1.54) is 0 Å². The van der Waals surface area contributed by atoms with Gasteiger partial charge in [-0.05, 0) is 50.6 Å². The standard InChI is InChI=1S/C22H29N3O2/c1-4-27-21-11-6-5-10-20(21)25-14-12-24(13-15-25)18(3)22(26)23-19-9-7-8-17(2)16-19/h5-11,16,18H,4,12-15H2,1-3H3,(H,23,26). The Bertz CT molecular complexity index is 770. The van der Waals surface area contributed by atoms with Crippen molar-refractivity contribution < 1.29 is 9.53 Å². The van der Waals surface area contributed by atoms with Crippen LogP contribution in [0.5, 0.6) is 5.75 Å². The van der Waals surface area contributed by atoms with Gasteiger partial charge in [0.15, 0.2) is 0 Å². The third-order valence-corrected chi connectivity index (χ3v) is 5.03. The summed E-state index contributed by atoms with van der Waals surface area (Å²) >= 11 is 0. The minimum Gasteiger partial charge on any atom is -0.492 e. The fourth-order valence-corrected chi connectivity index (χ4v) is 3.48. The summed E-state index contributed by atoms with van der Waals surface area (Å²) in [5.41, 5.74) is 3.13. The maximum absolute atomic E-state index is 12.6. The van der Waals surface area contributed by atoms with Crippen molar-refractivity contribution in [3.8, 4) is 5.75 Å². The second-order valence-electron chi connectivity index (χ2n) is 6.96. The van der Waals surface area contributed by atoms with E-state index in [1.54, 1.807) is 0 Å². The third-order valence-electron chi connectivity index (χ3n) is 5.03. The Morgan fingerprint density at radius 2 is 1.85 bits per heavy atom. The van der Waals surface area contributed by atoms with Crippen LogP contribution in [0, 0.1) is 6.92 Å². The molecule has 2 aromatic rings. The predicted octanol–water partition coefficient (Wildman–Crippen LogP) is 3.54. The van der Waals surface area contributed by atoms with Gasteiger partial charge in [-0.25, -0.2) is 0 Å². The van der Waals surface area contributed by atoms with E-state index in [0.29, 0.717) is 6.61 Å². The Kier molecular flexibility index (Phi) is 6.35. The van der Waals surface area contributed by atoms with Gasteiger partial charge in [-0.3, -0.25) is 9.69 Å². The minimum atomic E-state index is -0.158. The first-order valence-corrected chi connectivity index (χ1v) is 9.67. The Labute approximate surface area is 161 Å². The van der Waals surface area contributed by atoms with E-state index in [-0.39, 0.29) is 11.9 Å². The molecule has 144 valence electrons. The molecule has 2 aromatic carbocycles. The van der Waals surface area contributed by atoms with E-state index >= 15 is 0 Å². The number of benzene rings is 2. The van der Waals surface area contributed by atoms with Gasteiger partial charge in [0.2, 0.25) is 5.91 Å². The van der Waals surface area contributed by atoms with Crippen LogP contribution in [0.4, 0.5) is 11.4 Å². The molecule has 1 aliphatic rings. The van der Waals surface area contributed by atoms with E-state index < -0.39 is 0 Å². The summed E-state index contributed by atoms with van der Waals surface area (Å²) < 4.78 is 5.76. The van der Waals surface area contributed by atoms with E-state index in [2.05, 4.69) is 21.2 Å². The molecule has 5 heteroatoms. The lowest BCUT2D eigenvalue weighted by molar-refractivity contribution is -0.120. The average Bonchev–Trinajstić information content (AvgIpc) is 2.68. The van der Waals surface area contributed by atoms with Gasteiger partial charge in [0.1, 0.15) is 5.75 Å². The molecule has 1 unspecified atom stereocenters. The minimum absolute atomic E-state index is 0.0452. The average molecular weight is 367 g/mol. The number of rotatable bonds is 6. The predicted molar refractivity (Wildman–Crippen MR) is 111 cm³/mol. The summed E-state index contributed by atoms with van der Waals surface area (Å²) in [5, 5.41) is 3.03. The second kappa shape index (κ2) is 8.91. The molecular formula is C22H29N3O2. The summed E-state index contributed by atoms with van der Waals surface area (Å²) in [4.78, 5) is 17.2. The first-order valence-electron chi connectivity index (χ1n) is 9.67. The molecule has 3 rings (SSSR count). The number of nitrogens with zero attached hydrogens (tertiary/aromatic N) is 2. The molecule has 0 aliphatic carbocycles. The van der Waals surface area contributed by atoms with Crippen molar-refractivity contribution in [2.75, 3.05) is 43.0 Å². The molecule has 1 fully saturated rings. The van der Waals surface area contributed by atoms with Crippen LogP contribution in [0.1, 0.15) is 19.4 Å². The molecule has 1 N–H and O–H groups in total. The highest BCUT2D eigenvalue weighted by molar-refractivity contribution is 5.94. The van der Waals surface area contributed by atoms with Crippen molar-refractivity contribution in [3.05, 3.63) is 54.1 Å². The van der Waals surface area contributed by atoms with Gasteiger partial charge < -0.3 is 15.0 Å². The van der Waals surface area contributed by atoms with Gasteiger partial charge in [-0.2, -0.15) is 0 Å². The number of nitrogens with one attached hydrogen (secondary N) is 1. The zero-order valence-electron chi connectivity index (χ0n) is 16.4. The van der Waals surface area contributed by atoms with Gasteiger partial charge in [0, 0.05) is 31.9 Å². The van der Waals surface area contributed by atoms with Crippen LogP contribution >= 0.6 is 0 Å². The van der Waals surface area contributed by atoms with Crippen LogP contribution in [0.15, 0.2) is 48.5 Å². The maximum Gasteiger partial charge on any atom is 0.241 e. The van der Waals surface area contributed by atoms with Crippen molar-refractivity contribution in [2.45, 2.75) is 26.8 Å². The Morgan fingerprint density at radius 3 is 2.56 bits per heavy atom. The lowest BCUT2D eigenvalue weighted by atomic mass is 10.1. The number of hydrogen-bond acceptors (Lipinski definition) is 4. The molecule has 27 heavy (non-hydrogen) atoms. The van der Waals surface area contributed by atoms with Gasteiger partial charge in [0.05, 0.1) is 18.3 Å². The molecule has 0 bridgehead atoms. The van der Waals surface area contributed by atoms with Gasteiger partial charge in [-0.15, -0.1) is 0 Å². The highest BCUT2D eigenvalue weighted by Gasteiger charge is 2.26. The number of aryl methyl sites for hydroxylation is 1. The topological polar surface area (TPSA) is 44.8 Å². The Hall–Kier alpha value is -2.53. The van der Waals surface area contributed by atoms with E-state index in [9.17, 15) is 4.79 Å². The van der Waals surface area contributed by atoms with E-state index in [0.717, 1.165) is 48.9 Å². The molecule has 1 heterocycles. The monoisotopic (exact) mass is 367 g/mol. The number of carbonyl (C=O) groups is 1. The maximum atomic E-state index is 12.6. The summed E-state index contributed by atoms with van der Waals surface area (Å²) in [6, 6.07) is 15.9. The number of carbonyl (C=O) groups excluding carboxylic acids is 1. The van der Waals surface area contributed by atoms with Crippen molar-refractivity contribution >= 4 is 17.3 Å². The largest absolute Gasteiger partial charge is 0.492 e. The normalized spacial score (nSPS) is 16.0. The lowest BCUT2D eigenvalue weighted by Gasteiger charge is -2.39. The fraction of sp³-hybridized carbons (Fsp3) is 0.409. The van der Waals surface area contributed by atoms with Gasteiger partial charge in [0.25, 0.3) is 0 Å². The van der Waals surface area contributed by atoms with Crippen LogP contribution in [-0.4, -0.2) is 49.6 Å². The molecule has 0 spiro atoms. The van der Waals surface area contributed by atoms with Crippen molar-refractivity contribution in [2.24, 2.45) is 0 Å². The fourth-order valence-electron chi connectivity index (χ4n) is 3.48. The molecule has 0 radical (unpaired) electrons. The summed E-state index contributed by atoms with van der Waals surface area (Å²) in [6.45, 7) is 10.1. The number of anilines is 2. The highest BCUT2D eigenvalue weighted by atomic mass is 16.5. The highest BCUT2D eigenvalue weighted by Crippen LogP contribution is 2.29. The molecule has 0 saturated carbocycles. The molecular weight excluding hydrogens is 338 g/mol. The van der Waals surface area contributed by atoms with Crippen molar-refractivity contribution in [1.29, 1.82) is 0 Å². The lowest BCUT2D eigenvalue weighted by Crippen LogP contribution is -2.52. The smallest absolute Gasteiger partial charge is 0.241 e. The Morgan fingerprint density at radius 1 is 1.11 bits per heavy atom. The summed E-state index contributed by atoms with van der Waals surface area (Å²) in [5.74, 6) is 0.974. The van der Waals surface area contributed by atoms with Crippen molar-refractivity contribution in [1.82, 2.24) is 4.90 Å². The number of ether oxygens (including phenoxy) is 1. The van der Waals surface area contributed by atoms with Gasteiger partial charge in [-0.1, -0.05) is 24.3 Å². The molecule has 0 aromatic heterocycles. The number of para-hydroxylation sites is 2. The number of hydrogen-bond donors (Lipinski definition) is 1. The Balaban J connectivity index is 1.58. The first kappa shape index (κ1) is 19.2. The van der Waals surface area contributed by atoms with Crippen LogP contribution in [0.3, 0.4) is 0 Å². The van der Waals surface area contributed by atoms with Crippen LogP contribution in [0.2, 0.25) is 0 Å².